The number of nitrogens with zero attached hydrogens (tertiary/aromatic N) is 2. The minimum atomic E-state index is -0.314. The molecular formula is C18H17N3O2S3. The summed E-state index contributed by atoms with van der Waals surface area (Å²) in [7, 11) is 1.59. The second-order valence-corrected chi connectivity index (χ2v) is 8.57. The third-order valence-electron chi connectivity index (χ3n) is 3.51. The molecule has 0 aliphatic carbocycles. The molecule has 1 aromatic heterocycles. The van der Waals surface area contributed by atoms with Crippen molar-refractivity contribution in [2.45, 2.75) is 16.5 Å². The Bertz CT molecular complexity index is 954. The molecule has 5 nitrogen and oxygen atoms in total. The van der Waals surface area contributed by atoms with Crippen LogP contribution in [0.5, 0.6) is 5.75 Å². The molecule has 26 heavy (non-hydrogen) atoms. The van der Waals surface area contributed by atoms with E-state index in [0.717, 1.165) is 10.0 Å². The highest BCUT2D eigenvalue weighted by atomic mass is 32.2. The maximum absolute atomic E-state index is 12.4. The van der Waals surface area contributed by atoms with Gasteiger partial charge in [0.1, 0.15) is 5.75 Å². The van der Waals surface area contributed by atoms with Crippen LogP contribution in [0.3, 0.4) is 0 Å². The highest BCUT2D eigenvalue weighted by molar-refractivity contribution is 8.02. The van der Waals surface area contributed by atoms with E-state index >= 15 is 0 Å². The Morgan fingerprint density at radius 1 is 1.27 bits per heavy atom. The maximum atomic E-state index is 12.4. The van der Waals surface area contributed by atoms with Gasteiger partial charge in [-0.05, 0) is 43.4 Å². The highest BCUT2D eigenvalue weighted by Gasteiger charge is 2.18. The number of carbonyl (C=O) groups is 1. The number of aromatic nitrogens is 2. The van der Waals surface area contributed by atoms with Crippen molar-refractivity contribution in [2.24, 2.45) is 0 Å². The van der Waals surface area contributed by atoms with Crippen molar-refractivity contribution in [1.82, 2.24) is 9.78 Å². The Balaban J connectivity index is 1.69. The molecule has 3 rings (SSSR count). The predicted octanol–water partition coefficient (Wildman–Crippen LogP) is 4.79. The largest absolute Gasteiger partial charge is 0.497 e. The molecule has 0 aliphatic heterocycles. The molecule has 1 N–H and O–H groups in total. The number of ether oxygens (including phenoxy) is 1. The Kier molecular flexibility index (Phi) is 6.08. The fourth-order valence-electron chi connectivity index (χ4n) is 2.19. The summed E-state index contributed by atoms with van der Waals surface area (Å²) in [6, 6.07) is 17.0. The molecule has 0 bridgehead atoms. The van der Waals surface area contributed by atoms with Gasteiger partial charge in [-0.15, -0.1) is 5.10 Å². The first-order valence-electron chi connectivity index (χ1n) is 7.84. The molecule has 1 atom stereocenters. The quantitative estimate of drug-likeness (QED) is 0.474. The fourth-order valence-corrected chi connectivity index (χ4v) is 4.70. The molecule has 1 heterocycles. The summed E-state index contributed by atoms with van der Waals surface area (Å²) in [5.41, 5.74) is 1.61. The molecule has 0 fully saturated rings. The van der Waals surface area contributed by atoms with Gasteiger partial charge in [0.15, 0.2) is 8.29 Å². The van der Waals surface area contributed by atoms with Gasteiger partial charge < -0.3 is 10.1 Å². The number of para-hydroxylation sites is 1. The van der Waals surface area contributed by atoms with Crippen LogP contribution >= 0.6 is 35.3 Å². The van der Waals surface area contributed by atoms with Gasteiger partial charge in [-0.25, -0.2) is 4.68 Å². The van der Waals surface area contributed by atoms with Gasteiger partial charge >= 0.3 is 0 Å². The first kappa shape index (κ1) is 18.6. The van der Waals surface area contributed by atoms with Crippen LogP contribution in [0, 0.1) is 3.95 Å². The monoisotopic (exact) mass is 403 g/mol. The number of thioether (sulfide) groups is 1. The van der Waals surface area contributed by atoms with Crippen LogP contribution in [0.2, 0.25) is 0 Å². The summed E-state index contributed by atoms with van der Waals surface area (Å²) in [6.45, 7) is 1.84. The number of rotatable bonds is 6. The molecular weight excluding hydrogens is 386 g/mol. The first-order chi connectivity index (χ1) is 12.6. The van der Waals surface area contributed by atoms with E-state index in [1.165, 1.54) is 23.1 Å². The number of nitrogens with one attached hydrogen (secondary N) is 1. The topological polar surface area (TPSA) is 56.1 Å². The second kappa shape index (κ2) is 8.48. The molecule has 0 radical (unpaired) electrons. The fraction of sp³-hybridized carbons (Fsp3) is 0.167. The van der Waals surface area contributed by atoms with Crippen LogP contribution in [0.25, 0.3) is 5.69 Å². The zero-order valence-electron chi connectivity index (χ0n) is 14.2. The van der Waals surface area contributed by atoms with Crippen molar-refractivity contribution in [2.75, 3.05) is 12.4 Å². The lowest BCUT2D eigenvalue weighted by Crippen LogP contribution is -2.22. The van der Waals surface area contributed by atoms with Gasteiger partial charge in [0.25, 0.3) is 0 Å². The van der Waals surface area contributed by atoms with Gasteiger partial charge in [-0.1, -0.05) is 47.4 Å². The number of hydrogen-bond donors (Lipinski definition) is 1. The van der Waals surface area contributed by atoms with Gasteiger partial charge in [-0.3, -0.25) is 4.79 Å². The van der Waals surface area contributed by atoms with Gasteiger partial charge in [0.05, 0.1) is 18.0 Å². The van der Waals surface area contributed by atoms with E-state index in [1.807, 2.05) is 55.5 Å². The highest BCUT2D eigenvalue weighted by Crippen LogP contribution is 2.28. The van der Waals surface area contributed by atoms with E-state index in [9.17, 15) is 4.79 Å². The lowest BCUT2D eigenvalue weighted by molar-refractivity contribution is -0.115. The maximum Gasteiger partial charge on any atom is 0.237 e. The van der Waals surface area contributed by atoms with E-state index in [1.54, 1.807) is 17.9 Å². The summed E-state index contributed by atoms with van der Waals surface area (Å²) < 4.78 is 8.30. The van der Waals surface area contributed by atoms with Crippen LogP contribution in [0.15, 0.2) is 58.9 Å². The molecule has 0 saturated heterocycles. The first-order valence-corrected chi connectivity index (χ1v) is 9.94. The minimum absolute atomic E-state index is 0.101. The number of amides is 1. The molecule has 0 unspecified atom stereocenters. The Labute approximate surface area is 165 Å². The van der Waals surface area contributed by atoms with E-state index < -0.39 is 0 Å². The van der Waals surface area contributed by atoms with Crippen LogP contribution in [0.4, 0.5) is 5.69 Å². The predicted molar refractivity (Wildman–Crippen MR) is 109 cm³/mol. The van der Waals surface area contributed by atoms with Gasteiger partial charge in [0, 0.05) is 11.8 Å². The second-order valence-electron chi connectivity index (χ2n) is 5.36. The summed E-state index contributed by atoms with van der Waals surface area (Å²) in [5.74, 6) is 0.596. The lowest BCUT2D eigenvalue weighted by atomic mass is 10.3. The van der Waals surface area contributed by atoms with Crippen molar-refractivity contribution >= 4 is 46.9 Å². The number of anilines is 1. The molecule has 1 amide bonds. The number of benzene rings is 2. The Morgan fingerprint density at radius 3 is 2.77 bits per heavy atom. The third-order valence-corrected chi connectivity index (χ3v) is 5.93. The molecule has 0 saturated carbocycles. The van der Waals surface area contributed by atoms with Crippen molar-refractivity contribution < 1.29 is 9.53 Å². The van der Waals surface area contributed by atoms with Gasteiger partial charge in [0.2, 0.25) is 5.91 Å². The van der Waals surface area contributed by atoms with Crippen molar-refractivity contribution in [3.8, 4) is 11.4 Å². The number of methoxy groups -OCH3 is 1. The van der Waals surface area contributed by atoms with Crippen molar-refractivity contribution in [3.63, 3.8) is 0 Å². The minimum Gasteiger partial charge on any atom is -0.497 e. The van der Waals surface area contributed by atoms with Crippen molar-refractivity contribution in [1.29, 1.82) is 0 Å². The van der Waals surface area contributed by atoms with Crippen LogP contribution in [-0.2, 0) is 4.79 Å². The molecule has 134 valence electrons. The zero-order chi connectivity index (χ0) is 18.5. The van der Waals surface area contributed by atoms with Crippen molar-refractivity contribution in [3.05, 3.63) is 58.6 Å². The smallest absolute Gasteiger partial charge is 0.237 e. The van der Waals surface area contributed by atoms with E-state index in [-0.39, 0.29) is 11.2 Å². The molecule has 8 heteroatoms. The molecule has 0 spiro atoms. The molecule has 3 aromatic rings. The normalized spacial score (nSPS) is 11.8. The summed E-state index contributed by atoms with van der Waals surface area (Å²) in [6.07, 6.45) is 0. The van der Waals surface area contributed by atoms with Crippen LogP contribution in [-0.4, -0.2) is 28.0 Å². The average Bonchev–Trinajstić information content (AvgIpc) is 3.02. The van der Waals surface area contributed by atoms with Crippen LogP contribution in [0.1, 0.15) is 6.92 Å². The Hall–Kier alpha value is -2.16. The SMILES string of the molecule is COc1cccc(NC(=O)[C@@H](C)Sc2nn(-c3ccccc3)c(=S)s2)c1. The van der Waals surface area contributed by atoms with E-state index in [4.69, 9.17) is 17.0 Å². The molecule has 2 aromatic carbocycles. The van der Waals surface area contributed by atoms with E-state index in [2.05, 4.69) is 10.4 Å². The third kappa shape index (κ3) is 4.51. The van der Waals surface area contributed by atoms with Gasteiger partial charge in [-0.2, -0.15) is 0 Å². The average molecular weight is 404 g/mol. The lowest BCUT2D eigenvalue weighted by Gasteiger charge is -2.11. The molecule has 0 aliphatic rings. The van der Waals surface area contributed by atoms with E-state index in [0.29, 0.717) is 15.4 Å². The number of hydrogen-bond acceptors (Lipinski definition) is 6. The summed E-state index contributed by atoms with van der Waals surface area (Å²) in [4.78, 5) is 12.4. The number of carbonyl (C=O) groups excluding carboxylic acids is 1. The van der Waals surface area contributed by atoms with Crippen LogP contribution < -0.4 is 10.1 Å². The standard InChI is InChI=1S/C18H17N3O2S3/c1-12(16(22)19-13-7-6-10-15(11-13)23-2)25-17-20-21(18(24)26-17)14-8-4-3-5-9-14/h3-12H,1-2H3,(H,19,22)/t12-/m1/s1. The zero-order valence-corrected chi connectivity index (χ0v) is 16.7. The Morgan fingerprint density at radius 2 is 2.04 bits per heavy atom. The summed E-state index contributed by atoms with van der Waals surface area (Å²) >= 11 is 8.18. The summed E-state index contributed by atoms with van der Waals surface area (Å²) in [5, 5.41) is 7.11.